The third-order valence-corrected chi connectivity index (χ3v) is 4.11. The van der Waals surface area contributed by atoms with Gasteiger partial charge in [0.15, 0.2) is 0 Å². The molecule has 0 aliphatic heterocycles. The van der Waals surface area contributed by atoms with E-state index in [1.54, 1.807) is 24.3 Å². The first-order valence-electron chi connectivity index (χ1n) is 6.02. The van der Waals surface area contributed by atoms with Gasteiger partial charge in [0.05, 0.1) is 5.69 Å². The molecule has 1 aromatic carbocycles. The van der Waals surface area contributed by atoms with Crippen LogP contribution in [0.2, 0.25) is 5.02 Å². The number of hydrogen-bond donors (Lipinski definition) is 1. The van der Waals surface area contributed by atoms with Gasteiger partial charge in [0.1, 0.15) is 5.69 Å². The Kier molecular flexibility index (Phi) is 4.94. The van der Waals surface area contributed by atoms with Gasteiger partial charge in [0.25, 0.3) is 5.91 Å². The largest absolute Gasteiger partial charge is 0.340 e. The predicted octanol–water partition coefficient (Wildman–Crippen LogP) is 5.50. The maximum Gasteiger partial charge on any atom is 0.272 e. The van der Waals surface area contributed by atoms with Crippen LogP contribution in [0.4, 0.5) is 5.69 Å². The normalized spacial score (nSPS) is 10.9. The molecule has 0 radical (unpaired) electrons. The van der Waals surface area contributed by atoms with E-state index in [9.17, 15) is 4.79 Å². The summed E-state index contributed by atoms with van der Waals surface area (Å²) in [5, 5.41) is 3.49. The molecule has 1 amide bonds. The number of carbonyl (C=O) groups excluding carboxylic acids is 1. The Morgan fingerprint density at radius 2 is 2.00 bits per heavy atom. The van der Waals surface area contributed by atoms with Crippen molar-refractivity contribution >= 4 is 55.1 Å². The van der Waals surface area contributed by atoms with Crippen molar-refractivity contribution < 1.29 is 4.79 Å². The van der Waals surface area contributed by atoms with E-state index >= 15 is 0 Å². The number of carbonyl (C=O) groups is 1. The number of anilines is 1. The number of amides is 1. The number of hydrogen-bond acceptors (Lipinski definition) is 1. The van der Waals surface area contributed by atoms with Crippen LogP contribution < -0.4 is 5.32 Å². The lowest BCUT2D eigenvalue weighted by Crippen LogP contribution is -2.18. The Morgan fingerprint density at radius 3 is 2.60 bits per heavy atom. The van der Waals surface area contributed by atoms with E-state index in [4.69, 9.17) is 11.6 Å². The van der Waals surface area contributed by atoms with Crippen molar-refractivity contribution in [2.75, 3.05) is 5.32 Å². The van der Waals surface area contributed by atoms with E-state index in [-0.39, 0.29) is 11.9 Å². The fraction of sp³-hybridized carbons (Fsp3) is 0.214. The molecule has 2 aromatic rings. The summed E-state index contributed by atoms with van der Waals surface area (Å²) in [5.41, 5.74) is 1.29. The van der Waals surface area contributed by atoms with Gasteiger partial charge >= 0.3 is 0 Å². The molecule has 0 aliphatic rings. The van der Waals surface area contributed by atoms with Crippen molar-refractivity contribution in [3.05, 3.63) is 50.1 Å². The van der Waals surface area contributed by atoms with E-state index in [1.165, 1.54) is 0 Å². The average Bonchev–Trinajstić information content (AvgIpc) is 2.75. The zero-order chi connectivity index (χ0) is 14.9. The predicted molar refractivity (Wildman–Crippen MR) is 89.6 cm³/mol. The molecule has 20 heavy (non-hydrogen) atoms. The summed E-state index contributed by atoms with van der Waals surface area (Å²) >= 11 is 12.7. The van der Waals surface area contributed by atoms with Gasteiger partial charge in [-0.3, -0.25) is 4.79 Å². The first-order valence-corrected chi connectivity index (χ1v) is 7.98. The molecule has 0 unspecified atom stereocenters. The second-order valence-corrected chi connectivity index (χ2v) is 6.83. The molecule has 0 bridgehead atoms. The molecule has 106 valence electrons. The van der Waals surface area contributed by atoms with Crippen molar-refractivity contribution in [1.29, 1.82) is 0 Å². The average molecular weight is 421 g/mol. The molecule has 1 heterocycles. The molecule has 0 saturated heterocycles. The lowest BCUT2D eigenvalue weighted by atomic mass is 10.3. The fourth-order valence-corrected chi connectivity index (χ4v) is 3.05. The Morgan fingerprint density at radius 1 is 1.30 bits per heavy atom. The molecule has 0 atom stereocenters. The fourth-order valence-electron chi connectivity index (χ4n) is 1.83. The highest BCUT2D eigenvalue weighted by molar-refractivity contribution is 9.10. The minimum absolute atomic E-state index is 0.160. The quantitative estimate of drug-likeness (QED) is 0.699. The summed E-state index contributed by atoms with van der Waals surface area (Å²) in [6.07, 6.45) is 1.90. The Labute approximate surface area is 139 Å². The second kappa shape index (κ2) is 6.33. The second-order valence-electron chi connectivity index (χ2n) is 4.62. The maximum absolute atomic E-state index is 12.4. The van der Waals surface area contributed by atoms with Crippen LogP contribution in [0.3, 0.4) is 0 Å². The molecule has 1 aromatic heterocycles. The monoisotopic (exact) mass is 418 g/mol. The van der Waals surface area contributed by atoms with Gasteiger partial charge in [-0.05, 0) is 70.0 Å². The Balaban J connectivity index is 2.28. The minimum Gasteiger partial charge on any atom is -0.340 e. The molecular weight excluding hydrogens is 407 g/mol. The third kappa shape index (κ3) is 3.45. The highest BCUT2D eigenvalue weighted by Crippen LogP contribution is 2.27. The zero-order valence-corrected chi connectivity index (χ0v) is 14.9. The summed E-state index contributed by atoms with van der Waals surface area (Å²) in [6, 6.07) is 7.26. The van der Waals surface area contributed by atoms with Crippen LogP contribution in [0.5, 0.6) is 0 Å². The van der Waals surface area contributed by atoms with Gasteiger partial charge in [-0.15, -0.1) is 0 Å². The van der Waals surface area contributed by atoms with Crippen LogP contribution in [0, 0.1) is 0 Å². The summed E-state index contributed by atoms with van der Waals surface area (Å²) in [7, 11) is 0. The number of rotatable bonds is 3. The molecule has 0 fully saturated rings. The zero-order valence-electron chi connectivity index (χ0n) is 11.0. The van der Waals surface area contributed by atoms with Crippen molar-refractivity contribution in [2.24, 2.45) is 0 Å². The standard InChI is InChI=1S/C14H13Br2ClN2O/c1-8(2)19-7-9(15)5-13(19)14(20)18-12-4-3-10(17)6-11(12)16/h3-8H,1-2H3,(H,18,20). The minimum atomic E-state index is -0.160. The van der Waals surface area contributed by atoms with Gasteiger partial charge in [-0.1, -0.05) is 11.6 Å². The van der Waals surface area contributed by atoms with Crippen molar-refractivity contribution in [2.45, 2.75) is 19.9 Å². The van der Waals surface area contributed by atoms with Crippen molar-refractivity contribution in [3.63, 3.8) is 0 Å². The van der Waals surface area contributed by atoms with Crippen molar-refractivity contribution in [3.8, 4) is 0 Å². The number of aromatic nitrogens is 1. The number of nitrogens with one attached hydrogen (secondary N) is 1. The smallest absolute Gasteiger partial charge is 0.272 e. The molecule has 0 spiro atoms. The van der Waals surface area contributed by atoms with Crippen LogP contribution in [0.1, 0.15) is 30.4 Å². The Hall–Kier alpha value is -0.780. The van der Waals surface area contributed by atoms with Crippen LogP contribution >= 0.6 is 43.5 Å². The maximum atomic E-state index is 12.4. The van der Waals surface area contributed by atoms with Gasteiger partial charge in [0, 0.05) is 26.2 Å². The van der Waals surface area contributed by atoms with Crippen molar-refractivity contribution in [1.82, 2.24) is 4.57 Å². The molecule has 0 saturated carbocycles. The van der Waals surface area contributed by atoms with Crippen LogP contribution in [-0.4, -0.2) is 10.5 Å². The highest BCUT2D eigenvalue weighted by atomic mass is 79.9. The number of benzene rings is 1. The highest BCUT2D eigenvalue weighted by Gasteiger charge is 2.16. The topological polar surface area (TPSA) is 34.0 Å². The summed E-state index contributed by atoms with van der Waals surface area (Å²) < 4.78 is 3.55. The first-order chi connectivity index (χ1) is 9.38. The third-order valence-electron chi connectivity index (χ3n) is 2.78. The van der Waals surface area contributed by atoms with E-state index in [0.717, 1.165) is 8.95 Å². The molecular formula is C14H13Br2ClN2O. The van der Waals surface area contributed by atoms with Crippen LogP contribution in [-0.2, 0) is 0 Å². The summed E-state index contributed by atoms with van der Waals surface area (Å²) in [5.74, 6) is -0.160. The van der Waals surface area contributed by atoms with Crippen LogP contribution in [0.15, 0.2) is 39.4 Å². The summed E-state index contributed by atoms with van der Waals surface area (Å²) in [6.45, 7) is 4.06. The summed E-state index contributed by atoms with van der Waals surface area (Å²) in [4.78, 5) is 12.4. The Bertz CT molecular complexity index is 653. The van der Waals surface area contributed by atoms with Gasteiger partial charge in [-0.2, -0.15) is 0 Å². The van der Waals surface area contributed by atoms with Gasteiger partial charge in [0.2, 0.25) is 0 Å². The first kappa shape index (κ1) is 15.6. The number of halogens is 3. The molecule has 1 N–H and O–H groups in total. The lowest BCUT2D eigenvalue weighted by Gasteiger charge is -2.13. The molecule has 2 rings (SSSR count). The molecule has 0 aliphatic carbocycles. The van der Waals surface area contributed by atoms with E-state index in [2.05, 4.69) is 37.2 Å². The molecule has 3 nitrogen and oxygen atoms in total. The van der Waals surface area contributed by atoms with Crippen LogP contribution in [0.25, 0.3) is 0 Å². The van der Waals surface area contributed by atoms with E-state index in [1.807, 2.05) is 24.6 Å². The van der Waals surface area contributed by atoms with Gasteiger partial charge in [-0.25, -0.2) is 0 Å². The lowest BCUT2D eigenvalue weighted by molar-refractivity contribution is 0.101. The number of nitrogens with zero attached hydrogens (tertiary/aromatic N) is 1. The SMILES string of the molecule is CC(C)n1cc(Br)cc1C(=O)Nc1ccc(Cl)cc1Br. The van der Waals surface area contributed by atoms with E-state index in [0.29, 0.717) is 16.4 Å². The van der Waals surface area contributed by atoms with Gasteiger partial charge < -0.3 is 9.88 Å². The van der Waals surface area contributed by atoms with E-state index < -0.39 is 0 Å². The molecule has 6 heteroatoms.